The lowest BCUT2D eigenvalue weighted by atomic mass is 10.2. The van der Waals surface area contributed by atoms with E-state index in [1.165, 1.54) is 12.0 Å². The van der Waals surface area contributed by atoms with Crippen molar-refractivity contribution in [2.75, 3.05) is 13.2 Å². The molecular weight excluding hydrogens is 212 g/mol. The molecule has 0 N–H and O–H groups in total. The van der Waals surface area contributed by atoms with Gasteiger partial charge in [0, 0.05) is 0 Å². The second kappa shape index (κ2) is 11.1. The van der Waals surface area contributed by atoms with Gasteiger partial charge in [-0.05, 0) is 26.0 Å². The Hall–Kier alpha value is -1.44. The molecule has 2 nitrogen and oxygen atoms in total. The predicted octanol–water partition coefficient (Wildman–Crippen LogP) is 4.34. The predicted molar refractivity (Wildman–Crippen MR) is 73.4 cm³/mol. The van der Waals surface area contributed by atoms with Crippen LogP contribution in [0.3, 0.4) is 0 Å². The SMILES string of the molecule is CC=COCCOc1ccc(C)cc1.CCC. The monoisotopic (exact) mass is 236 g/mol. The molecule has 0 saturated heterocycles. The van der Waals surface area contributed by atoms with Crippen molar-refractivity contribution in [3.63, 3.8) is 0 Å². The highest BCUT2D eigenvalue weighted by atomic mass is 16.5. The molecule has 0 bridgehead atoms. The molecule has 0 fully saturated rings. The van der Waals surface area contributed by atoms with Gasteiger partial charge in [-0.3, -0.25) is 0 Å². The minimum absolute atomic E-state index is 0.577. The van der Waals surface area contributed by atoms with Crippen LogP contribution in [0, 0.1) is 6.92 Å². The van der Waals surface area contributed by atoms with Crippen LogP contribution in [0.4, 0.5) is 0 Å². The van der Waals surface area contributed by atoms with Crippen LogP contribution in [0.2, 0.25) is 0 Å². The fourth-order valence-corrected chi connectivity index (χ4v) is 1.01. The third-order valence-electron chi connectivity index (χ3n) is 1.72. The number of allylic oxidation sites excluding steroid dienone is 1. The molecule has 0 aliphatic heterocycles. The average Bonchev–Trinajstić information content (AvgIpc) is 2.32. The molecule has 1 aromatic carbocycles. The molecule has 1 aromatic rings. The van der Waals surface area contributed by atoms with E-state index >= 15 is 0 Å². The number of ether oxygens (including phenoxy) is 2. The molecular formula is C15H24O2. The summed E-state index contributed by atoms with van der Waals surface area (Å²) in [6.07, 6.45) is 4.77. The summed E-state index contributed by atoms with van der Waals surface area (Å²) in [5.74, 6) is 0.889. The quantitative estimate of drug-likeness (QED) is 0.559. The summed E-state index contributed by atoms with van der Waals surface area (Å²) >= 11 is 0. The Morgan fingerprint density at radius 1 is 1.06 bits per heavy atom. The Labute approximate surface area is 105 Å². The number of hydrogen-bond donors (Lipinski definition) is 0. The van der Waals surface area contributed by atoms with E-state index in [4.69, 9.17) is 9.47 Å². The van der Waals surface area contributed by atoms with Gasteiger partial charge in [0.1, 0.15) is 19.0 Å². The van der Waals surface area contributed by atoms with Crippen molar-refractivity contribution in [2.24, 2.45) is 0 Å². The summed E-state index contributed by atoms with van der Waals surface area (Å²) in [5.41, 5.74) is 1.24. The lowest BCUT2D eigenvalue weighted by Gasteiger charge is -2.05. The summed E-state index contributed by atoms with van der Waals surface area (Å²) in [6, 6.07) is 7.99. The second-order valence-electron chi connectivity index (χ2n) is 3.71. The first-order valence-electron chi connectivity index (χ1n) is 6.16. The standard InChI is InChI=1S/C12H16O2.C3H8/c1-3-8-13-9-10-14-12-6-4-11(2)5-7-12;1-3-2/h3-8H,9-10H2,1-2H3;3H2,1-2H3. The van der Waals surface area contributed by atoms with Crippen molar-refractivity contribution >= 4 is 0 Å². The fraction of sp³-hybridized carbons (Fsp3) is 0.467. The molecule has 0 unspecified atom stereocenters. The van der Waals surface area contributed by atoms with Crippen molar-refractivity contribution < 1.29 is 9.47 Å². The van der Waals surface area contributed by atoms with E-state index in [9.17, 15) is 0 Å². The van der Waals surface area contributed by atoms with Gasteiger partial charge in [0.05, 0.1) is 6.26 Å². The summed E-state index contributed by atoms with van der Waals surface area (Å²) in [6.45, 7) is 9.38. The van der Waals surface area contributed by atoms with Crippen LogP contribution in [0.5, 0.6) is 5.75 Å². The van der Waals surface area contributed by atoms with Gasteiger partial charge in [0.15, 0.2) is 0 Å². The van der Waals surface area contributed by atoms with E-state index in [0.29, 0.717) is 13.2 Å². The lowest BCUT2D eigenvalue weighted by molar-refractivity contribution is 0.179. The van der Waals surface area contributed by atoms with Gasteiger partial charge in [-0.1, -0.05) is 44.0 Å². The van der Waals surface area contributed by atoms with Gasteiger partial charge in [0.2, 0.25) is 0 Å². The zero-order valence-corrected chi connectivity index (χ0v) is 11.4. The summed E-state index contributed by atoms with van der Waals surface area (Å²) in [7, 11) is 0. The number of benzene rings is 1. The van der Waals surface area contributed by atoms with Crippen molar-refractivity contribution in [1.29, 1.82) is 0 Å². The smallest absolute Gasteiger partial charge is 0.122 e. The van der Waals surface area contributed by atoms with E-state index in [0.717, 1.165) is 5.75 Å². The zero-order valence-electron chi connectivity index (χ0n) is 11.4. The maximum atomic E-state index is 5.45. The van der Waals surface area contributed by atoms with Crippen molar-refractivity contribution in [3.05, 3.63) is 42.2 Å². The maximum Gasteiger partial charge on any atom is 0.122 e. The molecule has 17 heavy (non-hydrogen) atoms. The molecule has 0 radical (unpaired) electrons. The number of aryl methyl sites for hydroxylation is 1. The third kappa shape index (κ3) is 9.49. The van der Waals surface area contributed by atoms with Crippen LogP contribution in [0.25, 0.3) is 0 Å². The summed E-state index contributed by atoms with van der Waals surface area (Å²) < 4.78 is 10.6. The normalized spacial score (nSPS) is 9.65. The molecule has 0 aliphatic rings. The van der Waals surface area contributed by atoms with E-state index < -0.39 is 0 Å². The average molecular weight is 236 g/mol. The first kappa shape index (κ1) is 15.6. The molecule has 1 rings (SSSR count). The van der Waals surface area contributed by atoms with Crippen LogP contribution in [0.1, 0.15) is 32.8 Å². The Bertz CT molecular complexity index is 288. The van der Waals surface area contributed by atoms with Crippen LogP contribution < -0.4 is 4.74 Å². The van der Waals surface area contributed by atoms with E-state index in [2.05, 4.69) is 20.8 Å². The number of hydrogen-bond acceptors (Lipinski definition) is 2. The molecule has 96 valence electrons. The Morgan fingerprint density at radius 2 is 1.65 bits per heavy atom. The highest BCUT2D eigenvalue weighted by molar-refractivity contribution is 5.26. The van der Waals surface area contributed by atoms with Crippen LogP contribution >= 0.6 is 0 Å². The second-order valence-corrected chi connectivity index (χ2v) is 3.71. The maximum absolute atomic E-state index is 5.45. The van der Waals surface area contributed by atoms with Gasteiger partial charge in [-0.2, -0.15) is 0 Å². The molecule has 2 heteroatoms. The van der Waals surface area contributed by atoms with Gasteiger partial charge >= 0.3 is 0 Å². The van der Waals surface area contributed by atoms with E-state index in [1.807, 2.05) is 37.3 Å². The highest BCUT2D eigenvalue weighted by Crippen LogP contribution is 2.10. The molecule has 0 aliphatic carbocycles. The van der Waals surface area contributed by atoms with Crippen molar-refractivity contribution in [2.45, 2.75) is 34.1 Å². The van der Waals surface area contributed by atoms with Gasteiger partial charge in [-0.25, -0.2) is 0 Å². The Morgan fingerprint density at radius 3 is 2.18 bits per heavy atom. The molecule has 0 aromatic heterocycles. The molecule has 0 saturated carbocycles. The van der Waals surface area contributed by atoms with Crippen LogP contribution in [0.15, 0.2) is 36.6 Å². The van der Waals surface area contributed by atoms with Gasteiger partial charge in [-0.15, -0.1) is 0 Å². The van der Waals surface area contributed by atoms with Crippen molar-refractivity contribution in [3.8, 4) is 5.75 Å². The first-order chi connectivity index (χ1) is 8.24. The fourth-order valence-electron chi connectivity index (χ4n) is 1.01. The largest absolute Gasteiger partial charge is 0.498 e. The zero-order chi connectivity index (χ0) is 12.9. The first-order valence-corrected chi connectivity index (χ1v) is 6.16. The Kier molecular flexibility index (Phi) is 10.1. The van der Waals surface area contributed by atoms with Crippen LogP contribution in [-0.2, 0) is 4.74 Å². The van der Waals surface area contributed by atoms with Gasteiger partial charge in [0.25, 0.3) is 0 Å². The summed E-state index contributed by atoms with van der Waals surface area (Å²) in [4.78, 5) is 0. The highest BCUT2D eigenvalue weighted by Gasteiger charge is 1.91. The Balaban J connectivity index is 0.000000770. The van der Waals surface area contributed by atoms with E-state index in [1.54, 1.807) is 6.26 Å². The molecule has 0 atom stereocenters. The number of rotatable bonds is 5. The minimum atomic E-state index is 0.577. The summed E-state index contributed by atoms with van der Waals surface area (Å²) in [5, 5.41) is 0. The third-order valence-corrected chi connectivity index (χ3v) is 1.72. The van der Waals surface area contributed by atoms with Crippen LogP contribution in [-0.4, -0.2) is 13.2 Å². The molecule has 0 spiro atoms. The van der Waals surface area contributed by atoms with Gasteiger partial charge < -0.3 is 9.47 Å². The van der Waals surface area contributed by atoms with E-state index in [-0.39, 0.29) is 0 Å². The molecule has 0 heterocycles. The molecule has 0 amide bonds. The lowest BCUT2D eigenvalue weighted by Crippen LogP contribution is -2.03. The van der Waals surface area contributed by atoms with Crippen molar-refractivity contribution in [1.82, 2.24) is 0 Å². The topological polar surface area (TPSA) is 18.5 Å². The minimum Gasteiger partial charge on any atom is -0.498 e.